The molecular formula is C46H31N. The van der Waals surface area contributed by atoms with Crippen molar-refractivity contribution in [3.8, 4) is 39.1 Å². The lowest BCUT2D eigenvalue weighted by Gasteiger charge is -2.31. The Morgan fingerprint density at radius 3 is 1.53 bits per heavy atom. The zero-order valence-corrected chi connectivity index (χ0v) is 26.4. The van der Waals surface area contributed by atoms with E-state index in [1.165, 1.54) is 94.3 Å². The maximum Gasteiger partial charge on any atom is 0.0746 e. The highest BCUT2D eigenvalue weighted by molar-refractivity contribution is 6.16. The van der Waals surface area contributed by atoms with Gasteiger partial charge in [0.2, 0.25) is 0 Å². The van der Waals surface area contributed by atoms with Gasteiger partial charge in [0, 0.05) is 27.4 Å². The predicted octanol–water partition coefficient (Wildman–Crippen LogP) is 11.4. The molecule has 0 saturated carbocycles. The van der Waals surface area contributed by atoms with Crippen molar-refractivity contribution < 1.29 is 0 Å². The monoisotopic (exact) mass is 597 g/mol. The highest BCUT2D eigenvalue weighted by Crippen LogP contribution is 2.64. The lowest BCUT2D eigenvalue weighted by atomic mass is 9.70. The van der Waals surface area contributed by atoms with E-state index in [0.717, 1.165) is 0 Å². The van der Waals surface area contributed by atoms with Crippen LogP contribution >= 0.6 is 0 Å². The summed E-state index contributed by atoms with van der Waals surface area (Å²) in [4.78, 5) is 0. The molecule has 1 heteroatoms. The fourth-order valence-electron chi connectivity index (χ4n) is 9.72. The van der Waals surface area contributed by atoms with Gasteiger partial charge in [-0.1, -0.05) is 141 Å². The van der Waals surface area contributed by atoms with Gasteiger partial charge in [-0.3, -0.25) is 0 Å². The van der Waals surface area contributed by atoms with Gasteiger partial charge < -0.3 is 4.57 Å². The van der Waals surface area contributed by atoms with E-state index in [4.69, 9.17) is 0 Å². The molecule has 0 aliphatic heterocycles. The van der Waals surface area contributed by atoms with E-state index >= 15 is 0 Å². The second-order valence-electron chi connectivity index (χ2n) is 14.0. The van der Waals surface area contributed by atoms with Crippen LogP contribution in [-0.2, 0) is 10.8 Å². The number of aromatic nitrogens is 1. The average Bonchev–Trinajstić information content (AvgIpc) is 3.78. The van der Waals surface area contributed by atoms with Crippen LogP contribution < -0.4 is 0 Å². The molecule has 1 nitrogen and oxygen atoms in total. The smallest absolute Gasteiger partial charge is 0.0746 e. The zero-order valence-electron chi connectivity index (χ0n) is 26.4. The van der Waals surface area contributed by atoms with E-state index < -0.39 is 5.41 Å². The van der Waals surface area contributed by atoms with Gasteiger partial charge in [0.05, 0.1) is 16.4 Å². The van der Waals surface area contributed by atoms with Gasteiger partial charge in [-0.15, -0.1) is 0 Å². The third-order valence-corrected chi connectivity index (χ3v) is 11.6. The molecule has 0 fully saturated rings. The van der Waals surface area contributed by atoms with Crippen molar-refractivity contribution in [2.75, 3.05) is 0 Å². The zero-order chi connectivity index (χ0) is 31.1. The molecule has 0 N–H and O–H groups in total. The summed E-state index contributed by atoms with van der Waals surface area (Å²) in [6.45, 7) is 4.77. The topological polar surface area (TPSA) is 4.93 Å². The molecular weight excluding hydrogens is 567 g/mol. The first kappa shape index (κ1) is 25.5. The Balaban J connectivity index is 1.38. The van der Waals surface area contributed by atoms with Crippen molar-refractivity contribution in [3.05, 3.63) is 185 Å². The van der Waals surface area contributed by atoms with Gasteiger partial charge in [0.15, 0.2) is 0 Å². The van der Waals surface area contributed by atoms with Gasteiger partial charge in [-0.05, 0) is 85.5 Å². The molecule has 1 heterocycles. The van der Waals surface area contributed by atoms with Crippen molar-refractivity contribution in [3.63, 3.8) is 0 Å². The third kappa shape index (κ3) is 2.89. The number of nitrogens with zero attached hydrogens (tertiary/aromatic N) is 1. The Morgan fingerprint density at radius 1 is 0.404 bits per heavy atom. The molecule has 0 radical (unpaired) electrons. The normalized spacial score (nSPS) is 15.4. The summed E-state index contributed by atoms with van der Waals surface area (Å²) in [6.07, 6.45) is 0. The maximum absolute atomic E-state index is 2.58. The average molecular weight is 598 g/mol. The first-order chi connectivity index (χ1) is 23.1. The van der Waals surface area contributed by atoms with Crippen LogP contribution in [0.5, 0.6) is 0 Å². The predicted molar refractivity (Wildman–Crippen MR) is 195 cm³/mol. The minimum absolute atomic E-state index is 0.0825. The molecule has 0 amide bonds. The molecule has 3 aliphatic rings. The van der Waals surface area contributed by atoms with E-state index in [0.29, 0.717) is 0 Å². The van der Waals surface area contributed by atoms with Crippen molar-refractivity contribution in [1.29, 1.82) is 0 Å². The van der Waals surface area contributed by atoms with Crippen LogP contribution in [0.15, 0.2) is 152 Å². The van der Waals surface area contributed by atoms with Gasteiger partial charge >= 0.3 is 0 Å². The molecule has 0 unspecified atom stereocenters. The van der Waals surface area contributed by atoms with Crippen molar-refractivity contribution >= 4 is 21.8 Å². The molecule has 3 aliphatic carbocycles. The Hall–Kier alpha value is -5.66. The summed E-state index contributed by atoms with van der Waals surface area (Å²) in [7, 11) is 0. The standard InChI is InChI=1S/C46H31N/c1-45(2)37-20-10-6-19-32(37)35-26-36-34-25-24-33-31-18-9-13-23-40(31)46(38-21-11-7-16-29(38)30-17-8-12-22-39(30)46)43(33)44(34)47(42(36)27-41(35)45)28-14-4-3-5-15-28/h3-27H,1-2H3. The van der Waals surface area contributed by atoms with Gasteiger partial charge in [-0.2, -0.15) is 0 Å². The summed E-state index contributed by atoms with van der Waals surface area (Å²) >= 11 is 0. The highest BCUT2D eigenvalue weighted by atomic mass is 15.0. The lowest BCUT2D eigenvalue weighted by Crippen LogP contribution is -2.26. The van der Waals surface area contributed by atoms with Crippen LogP contribution in [0.4, 0.5) is 0 Å². The maximum atomic E-state index is 2.58. The van der Waals surface area contributed by atoms with Gasteiger partial charge in [0.1, 0.15) is 0 Å². The fraction of sp³-hybridized carbons (Fsp3) is 0.0870. The van der Waals surface area contributed by atoms with Crippen LogP contribution in [0.1, 0.15) is 47.2 Å². The van der Waals surface area contributed by atoms with Gasteiger partial charge in [0.25, 0.3) is 0 Å². The first-order valence-electron chi connectivity index (χ1n) is 16.7. The molecule has 0 saturated heterocycles. The number of para-hydroxylation sites is 1. The van der Waals surface area contributed by atoms with E-state index in [9.17, 15) is 0 Å². The summed E-state index contributed by atoms with van der Waals surface area (Å²) < 4.78 is 2.58. The molecule has 220 valence electrons. The number of fused-ring (bicyclic) bond motifs is 17. The number of rotatable bonds is 1. The van der Waals surface area contributed by atoms with Crippen molar-refractivity contribution in [2.45, 2.75) is 24.7 Å². The molecule has 11 rings (SSSR count). The van der Waals surface area contributed by atoms with Crippen LogP contribution in [0.25, 0.3) is 60.9 Å². The van der Waals surface area contributed by atoms with E-state index in [-0.39, 0.29) is 5.41 Å². The Kier molecular flexibility index (Phi) is 4.66. The number of hydrogen-bond acceptors (Lipinski definition) is 0. The second-order valence-corrected chi connectivity index (χ2v) is 14.0. The quantitative estimate of drug-likeness (QED) is 0.177. The van der Waals surface area contributed by atoms with Crippen LogP contribution in [0.3, 0.4) is 0 Å². The summed E-state index contributed by atoms with van der Waals surface area (Å²) in [5, 5.41) is 2.62. The molecule has 1 spiro atoms. The summed E-state index contributed by atoms with van der Waals surface area (Å²) in [5.74, 6) is 0. The Morgan fingerprint density at radius 2 is 0.915 bits per heavy atom. The van der Waals surface area contributed by atoms with Crippen LogP contribution in [-0.4, -0.2) is 4.57 Å². The summed E-state index contributed by atoms with van der Waals surface area (Å²) in [5.41, 5.74) is 19.7. The SMILES string of the molecule is CC1(C)c2ccccc2-c2cc3c4ccc5c(c4n(-c4ccccc4)c3cc21)C1(c2ccccc2-c2ccccc21)c1ccccc1-5. The Labute approximate surface area is 274 Å². The molecule has 0 bridgehead atoms. The Bertz CT molecular complexity index is 2590. The lowest BCUT2D eigenvalue weighted by molar-refractivity contribution is 0.661. The molecule has 47 heavy (non-hydrogen) atoms. The van der Waals surface area contributed by atoms with E-state index in [1.807, 2.05) is 0 Å². The molecule has 8 aromatic rings. The fourth-order valence-corrected chi connectivity index (χ4v) is 9.72. The molecule has 1 aromatic heterocycles. The second kappa shape index (κ2) is 8.57. The highest BCUT2D eigenvalue weighted by Gasteiger charge is 2.53. The van der Waals surface area contributed by atoms with Crippen LogP contribution in [0, 0.1) is 0 Å². The number of hydrogen-bond donors (Lipinski definition) is 0. The molecule has 7 aromatic carbocycles. The van der Waals surface area contributed by atoms with Gasteiger partial charge in [-0.25, -0.2) is 0 Å². The van der Waals surface area contributed by atoms with E-state index in [2.05, 4.69) is 170 Å². The minimum atomic E-state index is -0.422. The van der Waals surface area contributed by atoms with Crippen molar-refractivity contribution in [2.24, 2.45) is 0 Å². The minimum Gasteiger partial charge on any atom is -0.309 e. The molecule has 0 atom stereocenters. The first-order valence-corrected chi connectivity index (χ1v) is 16.7. The largest absolute Gasteiger partial charge is 0.309 e. The van der Waals surface area contributed by atoms with E-state index in [1.54, 1.807) is 0 Å². The third-order valence-electron chi connectivity index (χ3n) is 11.6. The summed E-state index contributed by atoms with van der Waals surface area (Å²) in [6, 6.07) is 57.2. The van der Waals surface area contributed by atoms with Crippen LogP contribution in [0.2, 0.25) is 0 Å². The van der Waals surface area contributed by atoms with Crippen molar-refractivity contribution in [1.82, 2.24) is 4.57 Å². The number of benzene rings is 7.